The van der Waals surface area contributed by atoms with Gasteiger partial charge >= 0.3 is 83.7 Å². The van der Waals surface area contributed by atoms with Crippen molar-refractivity contribution in [1.82, 2.24) is 0 Å². The topological polar surface area (TPSA) is 0 Å². The van der Waals surface area contributed by atoms with Gasteiger partial charge in [0.2, 0.25) is 0 Å². The first-order valence-electron chi connectivity index (χ1n) is 32.6. The molecule has 0 atom stereocenters. The van der Waals surface area contributed by atoms with Gasteiger partial charge in [-0.15, -0.1) is 138 Å². The molecule has 0 bridgehead atoms. The SMILES string of the molecule is CCc1cc2c(-c3cccc4ccccc34)cccc2[cH-]1.CCc1cc2c(-c3cccc4ccccc34)cccc2[cH-]1.CCc1cc2c(-c3cccc4ccccc34)cccc2[cH-]1.CCc1cc2c(-c3cccc4ccccc34)cccc2[cH-]1.C[Si](C)=[Zr+2].C[Si](C)=[Zr+2].[Cl-].[Cl-]. The Bertz CT molecular complexity index is 4560. The molecule has 16 aromatic carbocycles. The van der Waals surface area contributed by atoms with Crippen LogP contribution in [0, 0.1) is 0 Å². The Morgan fingerprint density at radius 1 is 0.234 bits per heavy atom. The van der Waals surface area contributed by atoms with Crippen molar-refractivity contribution in [2.24, 2.45) is 0 Å². The summed E-state index contributed by atoms with van der Waals surface area (Å²) in [6.45, 7) is 18.1. The van der Waals surface area contributed by atoms with Crippen molar-refractivity contribution in [2.75, 3.05) is 0 Å². The predicted octanol–water partition coefficient (Wildman–Crippen LogP) is 19.3. The van der Waals surface area contributed by atoms with Crippen molar-refractivity contribution in [1.29, 1.82) is 0 Å². The molecule has 0 aliphatic rings. The summed E-state index contributed by atoms with van der Waals surface area (Å²) in [6.07, 6.45) is 4.35. The Labute approximate surface area is 600 Å². The smallest absolute Gasteiger partial charge is 1.00 e. The van der Waals surface area contributed by atoms with Crippen LogP contribution in [0.15, 0.2) is 291 Å². The van der Waals surface area contributed by atoms with Crippen LogP contribution in [0.3, 0.4) is 0 Å². The van der Waals surface area contributed by atoms with Gasteiger partial charge in [-0.3, -0.25) is 0 Å². The Kier molecular flexibility index (Phi) is 25.8. The maximum atomic E-state index is 2.34. The molecule has 464 valence electrons. The summed E-state index contributed by atoms with van der Waals surface area (Å²) in [4.78, 5) is 0. The molecule has 0 spiro atoms. The van der Waals surface area contributed by atoms with Crippen LogP contribution in [-0.2, 0) is 72.4 Å². The fraction of sp³-hybridized carbons (Fsp3) is 0.136. The van der Waals surface area contributed by atoms with E-state index in [1.165, 1.54) is 153 Å². The zero-order valence-corrected chi connectivity index (χ0v) is 63.7. The van der Waals surface area contributed by atoms with E-state index in [1.807, 2.05) is 0 Å². The molecular formula is C88H80Cl2Si2Zr2-2. The first-order chi connectivity index (χ1) is 44.9. The zero-order chi connectivity index (χ0) is 64.1. The first kappa shape index (κ1) is 71.2. The van der Waals surface area contributed by atoms with Crippen LogP contribution in [-0.4, -0.2) is 10.9 Å². The fourth-order valence-electron chi connectivity index (χ4n) is 12.8. The van der Waals surface area contributed by atoms with Gasteiger partial charge in [0.1, 0.15) is 0 Å². The van der Waals surface area contributed by atoms with Crippen molar-refractivity contribution in [3.05, 3.63) is 313 Å². The van der Waals surface area contributed by atoms with E-state index < -0.39 is 0 Å². The molecule has 0 aliphatic carbocycles. The largest absolute Gasteiger partial charge is 1.00 e. The van der Waals surface area contributed by atoms with Gasteiger partial charge < -0.3 is 24.8 Å². The van der Waals surface area contributed by atoms with Gasteiger partial charge in [0.05, 0.1) is 0 Å². The van der Waals surface area contributed by atoms with Gasteiger partial charge in [-0.1, -0.05) is 244 Å². The maximum absolute atomic E-state index is 2.34. The van der Waals surface area contributed by atoms with Crippen LogP contribution in [0.25, 0.3) is 131 Å². The molecule has 0 radical (unpaired) electrons. The Hall–Kier alpha value is -7.10. The number of hydrogen-bond acceptors (Lipinski definition) is 0. The predicted molar refractivity (Wildman–Crippen MR) is 402 cm³/mol. The molecular weight excluding hydrogens is 1370 g/mol. The van der Waals surface area contributed by atoms with Gasteiger partial charge in [0, 0.05) is 0 Å². The molecule has 94 heavy (non-hydrogen) atoms. The van der Waals surface area contributed by atoms with Crippen LogP contribution in [0.4, 0.5) is 0 Å². The molecule has 0 unspecified atom stereocenters. The Balaban J connectivity index is 0.000000141. The van der Waals surface area contributed by atoms with Gasteiger partial charge in [-0.05, 0) is 91.0 Å². The van der Waals surface area contributed by atoms with E-state index in [4.69, 9.17) is 0 Å². The minimum atomic E-state index is 0. The molecule has 0 fully saturated rings. The third-order valence-corrected chi connectivity index (χ3v) is 17.2. The van der Waals surface area contributed by atoms with Crippen LogP contribution in [0.1, 0.15) is 49.9 Å². The van der Waals surface area contributed by atoms with E-state index in [0.717, 1.165) is 25.7 Å². The summed E-state index contributed by atoms with van der Waals surface area (Å²) in [7, 11) is 0. The molecule has 0 N–H and O–H groups in total. The van der Waals surface area contributed by atoms with Crippen LogP contribution < -0.4 is 24.8 Å². The molecule has 0 amide bonds. The molecule has 16 rings (SSSR count). The number of hydrogen-bond donors (Lipinski definition) is 0. The van der Waals surface area contributed by atoms with Crippen molar-refractivity contribution in [2.45, 2.75) is 79.6 Å². The first-order valence-corrected chi connectivity index (χ1v) is 45.0. The van der Waals surface area contributed by atoms with Gasteiger partial charge in [-0.25, -0.2) is 0 Å². The van der Waals surface area contributed by atoms with E-state index >= 15 is 0 Å². The van der Waals surface area contributed by atoms with Crippen LogP contribution >= 0.6 is 0 Å². The third-order valence-electron chi connectivity index (χ3n) is 17.2. The molecule has 0 aromatic heterocycles. The monoisotopic (exact) mass is 1440 g/mol. The van der Waals surface area contributed by atoms with Crippen molar-refractivity contribution >= 4 is 97.0 Å². The number of fused-ring (bicyclic) bond motifs is 8. The number of halogens is 2. The summed E-state index contributed by atoms with van der Waals surface area (Å²) in [6, 6.07) is 106. The van der Waals surface area contributed by atoms with Crippen molar-refractivity contribution < 1.29 is 71.5 Å². The van der Waals surface area contributed by atoms with Crippen LogP contribution in [0.5, 0.6) is 0 Å². The number of aryl methyl sites for hydroxylation is 4. The number of rotatable bonds is 8. The summed E-state index contributed by atoms with van der Waals surface area (Å²) in [5.41, 5.74) is 16.7. The summed E-state index contributed by atoms with van der Waals surface area (Å²) in [5.74, 6) is 0. The summed E-state index contributed by atoms with van der Waals surface area (Å²) >= 11 is 3.48. The molecule has 0 saturated heterocycles. The van der Waals surface area contributed by atoms with E-state index in [1.54, 1.807) is 46.7 Å². The van der Waals surface area contributed by atoms with Gasteiger partial charge in [0.25, 0.3) is 0 Å². The average Bonchev–Trinajstić information content (AvgIpc) is 1.96. The van der Waals surface area contributed by atoms with Crippen LogP contribution in [0.2, 0.25) is 26.2 Å². The molecule has 0 aliphatic heterocycles. The quantitative estimate of drug-likeness (QED) is 0.105. The van der Waals surface area contributed by atoms with Crippen molar-refractivity contribution in [3.63, 3.8) is 0 Å². The normalized spacial score (nSPS) is 10.7. The maximum Gasteiger partial charge on any atom is -1.00 e. The molecule has 0 heterocycles. The second-order valence-corrected chi connectivity index (χ2v) is 43.0. The fourth-order valence-corrected chi connectivity index (χ4v) is 12.8. The van der Waals surface area contributed by atoms with E-state index in [0.29, 0.717) is 0 Å². The standard InChI is InChI=1S/4C21H17.2C2H6Si.2ClH.2Zr/c4*1-2-15-13-17-9-6-12-20(21(17)14-15)19-11-5-8-16-7-3-4-10-18(16)19;2*1-3-2;;;;/h4*3-14H,2H2,1H3;2*1-2H3;2*1H;;/q4*-1;;;;;2*+2/p-2. The van der Waals surface area contributed by atoms with E-state index in [-0.39, 0.29) is 35.7 Å². The van der Waals surface area contributed by atoms with Gasteiger partial charge in [-0.2, -0.15) is 24.3 Å². The molecule has 0 saturated carbocycles. The second-order valence-electron chi connectivity index (χ2n) is 24.2. The average molecular weight is 1450 g/mol. The summed E-state index contributed by atoms with van der Waals surface area (Å²) in [5, 5.41) is 21.3. The van der Waals surface area contributed by atoms with Crippen molar-refractivity contribution in [3.8, 4) is 44.5 Å². The second kappa shape index (κ2) is 34.0. The van der Waals surface area contributed by atoms with E-state index in [9.17, 15) is 0 Å². The minimum Gasteiger partial charge on any atom is -1.00 e. The minimum absolute atomic E-state index is 0. The number of benzene rings is 12. The molecule has 6 heteroatoms. The zero-order valence-electron chi connectivity index (χ0n) is 55.3. The molecule has 0 nitrogen and oxygen atoms in total. The Morgan fingerprint density at radius 2 is 0.394 bits per heavy atom. The molecule has 16 aromatic rings. The summed E-state index contributed by atoms with van der Waals surface area (Å²) < 4.78 is 0. The van der Waals surface area contributed by atoms with Gasteiger partial charge in [0.15, 0.2) is 0 Å². The van der Waals surface area contributed by atoms with E-state index in [2.05, 4.69) is 345 Å². The third kappa shape index (κ3) is 16.7. The Morgan fingerprint density at radius 3 is 0.585 bits per heavy atom.